The number of ketones is 1. The van der Waals surface area contributed by atoms with Crippen LogP contribution in [-0.2, 0) is 4.79 Å². The van der Waals surface area contributed by atoms with Gasteiger partial charge >= 0.3 is 0 Å². The molecule has 2 nitrogen and oxygen atoms in total. The predicted molar refractivity (Wildman–Crippen MR) is 66.0 cm³/mol. The SMILES string of the molecule is CC(C)CC(C)(NC(C)C)C(=O)C(C)C. The van der Waals surface area contributed by atoms with E-state index in [1.165, 1.54) is 0 Å². The van der Waals surface area contributed by atoms with E-state index in [4.69, 9.17) is 0 Å². The molecule has 0 spiro atoms. The monoisotopic (exact) mass is 213 g/mol. The molecule has 0 heterocycles. The molecule has 15 heavy (non-hydrogen) atoms. The lowest BCUT2D eigenvalue weighted by Gasteiger charge is -2.34. The number of nitrogens with one attached hydrogen (secondary N) is 1. The van der Waals surface area contributed by atoms with Gasteiger partial charge in [0.15, 0.2) is 5.78 Å². The molecule has 0 aliphatic rings. The van der Waals surface area contributed by atoms with Crippen LogP contribution in [0.2, 0.25) is 0 Å². The van der Waals surface area contributed by atoms with E-state index in [1.54, 1.807) is 0 Å². The Hall–Kier alpha value is -0.370. The van der Waals surface area contributed by atoms with Gasteiger partial charge in [0.2, 0.25) is 0 Å². The van der Waals surface area contributed by atoms with Gasteiger partial charge in [-0.1, -0.05) is 27.7 Å². The quantitative estimate of drug-likeness (QED) is 0.735. The summed E-state index contributed by atoms with van der Waals surface area (Å²) in [5, 5.41) is 3.42. The van der Waals surface area contributed by atoms with Crippen molar-refractivity contribution in [3.8, 4) is 0 Å². The van der Waals surface area contributed by atoms with Gasteiger partial charge in [-0.3, -0.25) is 4.79 Å². The zero-order chi connectivity index (χ0) is 12.2. The van der Waals surface area contributed by atoms with Crippen molar-refractivity contribution in [2.45, 2.75) is 66.5 Å². The Morgan fingerprint density at radius 1 is 1.13 bits per heavy atom. The average molecular weight is 213 g/mol. The molecule has 0 aromatic heterocycles. The van der Waals surface area contributed by atoms with Crippen molar-refractivity contribution in [1.29, 1.82) is 0 Å². The van der Waals surface area contributed by atoms with Crippen molar-refractivity contribution in [1.82, 2.24) is 5.32 Å². The first-order valence-electron chi connectivity index (χ1n) is 6.01. The molecular weight excluding hydrogens is 186 g/mol. The Labute approximate surface area is 94.8 Å². The van der Waals surface area contributed by atoms with Crippen molar-refractivity contribution in [3.05, 3.63) is 0 Å². The summed E-state index contributed by atoms with van der Waals surface area (Å²) in [4.78, 5) is 12.2. The van der Waals surface area contributed by atoms with E-state index in [2.05, 4.69) is 33.0 Å². The molecule has 0 saturated carbocycles. The fraction of sp³-hybridized carbons (Fsp3) is 0.923. The molecule has 2 heteroatoms. The van der Waals surface area contributed by atoms with E-state index in [9.17, 15) is 4.79 Å². The van der Waals surface area contributed by atoms with E-state index in [0.717, 1.165) is 6.42 Å². The molecule has 0 rings (SSSR count). The molecule has 1 atom stereocenters. The first-order valence-corrected chi connectivity index (χ1v) is 6.01. The van der Waals surface area contributed by atoms with Crippen LogP contribution in [0.4, 0.5) is 0 Å². The lowest BCUT2D eigenvalue weighted by atomic mass is 9.81. The van der Waals surface area contributed by atoms with Crippen molar-refractivity contribution in [2.75, 3.05) is 0 Å². The predicted octanol–water partition coefficient (Wildman–Crippen LogP) is 3.01. The number of carbonyl (C=O) groups excluding carboxylic acids is 1. The lowest BCUT2D eigenvalue weighted by molar-refractivity contribution is -0.128. The highest BCUT2D eigenvalue weighted by molar-refractivity contribution is 5.89. The van der Waals surface area contributed by atoms with Crippen LogP contribution in [0.15, 0.2) is 0 Å². The van der Waals surface area contributed by atoms with Gasteiger partial charge in [0.1, 0.15) is 0 Å². The Kier molecular flexibility index (Phi) is 5.50. The second kappa shape index (κ2) is 5.64. The molecule has 0 aliphatic carbocycles. The van der Waals surface area contributed by atoms with Gasteiger partial charge in [-0.25, -0.2) is 0 Å². The van der Waals surface area contributed by atoms with Gasteiger partial charge in [-0.05, 0) is 33.1 Å². The van der Waals surface area contributed by atoms with Crippen LogP contribution < -0.4 is 5.32 Å². The van der Waals surface area contributed by atoms with Crippen molar-refractivity contribution < 1.29 is 4.79 Å². The number of hydrogen-bond donors (Lipinski definition) is 1. The molecule has 0 amide bonds. The third kappa shape index (κ3) is 4.78. The van der Waals surface area contributed by atoms with Crippen LogP contribution in [-0.4, -0.2) is 17.4 Å². The van der Waals surface area contributed by atoms with Gasteiger partial charge in [0.05, 0.1) is 5.54 Å². The second-order valence-electron chi connectivity index (χ2n) is 5.75. The van der Waals surface area contributed by atoms with E-state index >= 15 is 0 Å². The van der Waals surface area contributed by atoms with Crippen LogP contribution >= 0.6 is 0 Å². The molecule has 0 radical (unpaired) electrons. The summed E-state index contributed by atoms with van der Waals surface area (Å²) < 4.78 is 0. The minimum Gasteiger partial charge on any atom is -0.303 e. The van der Waals surface area contributed by atoms with Crippen LogP contribution in [0, 0.1) is 11.8 Å². The van der Waals surface area contributed by atoms with E-state index in [1.807, 2.05) is 20.8 Å². The molecule has 0 aromatic carbocycles. The maximum Gasteiger partial charge on any atom is 0.155 e. The first-order chi connectivity index (χ1) is 6.69. The number of hydrogen-bond acceptors (Lipinski definition) is 2. The average Bonchev–Trinajstić information content (AvgIpc) is 1.99. The third-order valence-corrected chi connectivity index (χ3v) is 2.49. The van der Waals surface area contributed by atoms with E-state index < -0.39 is 0 Å². The minimum atomic E-state index is -0.365. The van der Waals surface area contributed by atoms with E-state index in [0.29, 0.717) is 17.7 Å². The summed E-state index contributed by atoms with van der Waals surface area (Å²) >= 11 is 0. The summed E-state index contributed by atoms with van der Waals surface area (Å²) in [5.74, 6) is 0.953. The fourth-order valence-electron chi connectivity index (χ4n) is 2.32. The molecule has 0 saturated heterocycles. The third-order valence-electron chi connectivity index (χ3n) is 2.49. The summed E-state index contributed by atoms with van der Waals surface area (Å²) in [6, 6.07) is 0.344. The number of rotatable bonds is 6. The Balaban J connectivity index is 4.76. The van der Waals surface area contributed by atoms with Crippen LogP contribution in [0.5, 0.6) is 0 Å². The molecule has 0 aliphatic heterocycles. The van der Waals surface area contributed by atoms with E-state index in [-0.39, 0.29) is 11.5 Å². The minimum absolute atomic E-state index is 0.0972. The largest absolute Gasteiger partial charge is 0.303 e. The summed E-state index contributed by atoms with van der Waals surface area (Å²) in [5.41, 5.74) is -0.365. The zero-order valence-electron chi connectivity index (χ0n) is 11.3. The number of carbonyl (C=O) groups is 1. The normalized spacial score (nSPS) is 16.1. The molecule has 1 unspecified atom stereocenters. The van der Waals surface area contributed by atoms with Crippen molar-refractivity contribution in [3.63, 3.8) is 0 Å². The molecule has 0 aromatic rings. The summed E-state index contributed by atoms with van der Waals surface area (Å²) in [7, 11) is 0. The fourth-order valence-corrected chi connectivity index (χ4v) is 2.32. The first kappa shape index (κ1) is 14.6. The maximum atomic E-state index is 12.2. The van der Waals surface area contributed by atoms with Crippen molar-refractivity contribution >= 4 is 5.78 Å². The van der Waals surface area contributed by atoms with Gasteiger partial charge in [0, 0.05) is 12.0 Å². The zero-order valence-corrected chi connectivity index (χ0v) is 11.3. The maximum absolute atomic E-state index is 12.2. The van der Waals surface area contributed by atoms with Gasteiger partial charge in [-0.2, -0.15) is 0 Å². The Bertz CT molecular complexity index is 197. The molecule has 90 valence electrons. The topological polar surface area (TPSA) is 29.1 Å². The smallest absolute Gasteiger partial charge is 0.155 e. The molecule has 0 fully saturated rings. The summed E-state index contributed by atoms with van der Waals surface area (Å²) in [6.07, 6.45) is 0.905. The molecule has 0 bridgehead atoms. The highest BCUT2D eigenvalue weighted by Crippen LogP contribution is 2.22. The van der Waals surface area contributed by atoms with Gasteiger partial charge in [-0.15, -0.1) is 0 Å². The van der Waals surface area contributed by atoms with Crippen LogP contribution in [0.25, 0.3) is 0 Å². The highest BCUT2D eigenvalue weighted by atomic mass is 16.1. The van der Waals surface area contributed by atoms with Crippen molar-refractivity contribution in [2.24, 2.45) is 11.8 Å². The lowest BCUT2D eigenvalue weighted by Crippen LogP contribution is -2.54. The molecule has 1 N–H and O–H groups in total. The van der Waals surface area contributed by atoms with Gasteiger partial charge < -0.3 is 5.32 Å². The standard InChI is InChI=1S/C13H27NO/c1-9(2)8-13(7,14-11(5)6)12(15)10(3)4/h9-11,14H,8H2,1-7H3. The second-order valence-corrected chi connectivity index (χ2v) is 5.75. The highest BCUT2D eigenvalue weighted by Gasteiger charge is 2.35. The molecular formula is C13H27NO. The Morgan fingerprint density at radius 2 is 1.60 bits per heavy atom. The van der Waals surface area contributed by atoms with Gasteiger partial charge in [0.25, 0.3) is 0 Å². The van der Waals surface area contributed by atoms with Crippen LogP contribution in [0.1, 0.15) is 54.9 Å². The Morgan fingerprint density at radius 3 is 1.87 bits per heavy atom. The summed E-state index contributed by atoms with van der Waals surface area (Å²) in [6.45, 7) is 14.5. The van der Waals surface area contributed by atoms with Crippen LogP contribution in [0.3, 0.4) is 0 Å². The number of Topliss-reactive ketones (excluding diaryl/α,β-unsaturated/α-hetero) is 1.